The largest absolute Gasteiger partial charge is 0.378 e. The fraction of sp³-hybridized carbons (Fsp3) is 0.400. The highest BCUT2D eigenvalue weighted by Crippen LogP contribution is 2.26. The second-order valence-electron chi connectivity index (χ2n) is 6.95. The van der Waals surface area contributed by atoms with Gasteiger partial charge in [-0.3, -0.25) is 4.79 Å². The van der Waals surface area contributed by atoms with E-state index in [0.717, 1.165) is 34.9 Å². The molecule has 1 aliphatic rings. The fourth-order valence-corrected chi connectivity index (χ4v) is 3.30. The van der Waals surface area contributed by atoms with Crippen molar-refractivity contribution < 1.29 is 4.74 Å². The van der Waals surface area contributed by atoms with Gasteiger partial charge in [-0.05, 0) is 50.5 Å². The van der Waals surface area contributed by atoms with Crippen LogP contribution in [0.4, 0.5) is 0 Å². The summed E-state index contributed by atoms with van der Waals surface area (Å²) in [7, 11) is 1.73. The van der Waals surface area contributed by atoms with E-state index in [4.69, 9.17) is 4.74 Å². The predicted molar refractivity (Wildman–Crippen MR) is 100 cm³/mol. The molecule has 3 rings (SSSR count). The van der Waals surface area contributed by atoms with Gasteiger partial charge in [-0.2, -0.15) is 5.26 Å². The number of rotatable bonds is 3. The summed E-state index contributed by atoms with van der Waals surface area (Å²) in [5, 5.41) is 12.3. The van der Waals surface area contributed by atoms with Crippen LogP contribution < -0.4 is 10.6 Å². The van der Waals surface area contributed by atoms with Crippen molar-refractivity contribution in [1.82, 2.24) is 4.68 Å². The maximum absolute atomic E-state index is 12.8. The number of nitriles is 1. The van der Waals surface area contributed by atoms with Crippen LogP contribution >= 0.6 is 0 Å². The Morgan fingerprint density at radius 1 is 1.32 bits per heavy atom. The standard InChI is InChI=1S/C20H23N3O2/c1-14(2)15-5-6-18-16(11-15)12-17(13-21)19(24)23(18)22-9-7-20(3,25-4)8-10-22/h5-6,11-12H,1,7-10H2,2-4H3. The van der Waals surface area contributed by atoms with E-state index in [2.05, 4.69) is 13.5 Å². The summed E-state index contributed by atoms with van der Waals surface area (Å²) in [5.74, 6) is 0. The minimum absolute atomic E-state index is 0.157. The van der Waals surface area contributed by atoms with Crippen LogP contribution in [0.25, 0.3) is 16.5 Å². The maximum atomic E-state index is 12.8. The maximum Gasteiger partial charge on any atom is 0.287 e. The van der Waals surface area contributed by atoms with Crippen LogP contribution in [-0.4, -0.2) is 30.5 Å². The summed E-state index contributed by atoms with van der Waals surface area (Å²) in [4.78, 5) is 12.8. The Hall–Kier alpha value is -2.58. The molecule has 0 unspecified atom stereocenters. The van der Waals surface area contributed by atoms with Crippen molar-refractivity contribution in [2.75, 3.05) is 25.2 Å². The van der Waals surface area contributed by atoms with Gasteiger partial charge >= 0.3 is 0 Å². The molecule has 2 heterocycles. The Balaban J connectivity index is 2.14. The molecule has 1 aromatic heterocycles. The molecule has 1 saturated heterocycles. The topological polar surface area (TPSA) is 58.3 Å². The number of methoxy groups -OCH3 is 1. The van der Waals surface area contributed by atoms with E-state index in [1.807, 2.05) is 36.2 Å². The number of pyridine rings is 1. The monoisotopic (exact) mass is 337 g/mol. The van der Waals surface area contributed by atoms with Crippen LogP contribution in [-0.2, 0) is 4.74 Å². The Morgan fingerprint density at radius 2 is 2.00 bits per heavy atom. The van der Waals surface area contributed by atoms with E-state index in [1.165, 1.54) is 0 Å². The summed E-state index contributed by atoms with van der Waals surface area (Å²) >= 11 is 0. The second kappa shape index (κ2) is 6.38. The number of hydrogen-bond acceptors (Lipinski definition) is 4. The van der Waals surface area contributed by atoms with Crippen LogP contribution in [0.3, 0.4) is 0 Å². The molecule has 1 aromatic carbocycles. The first kappa shape index (κ1) is 17.2. The zero-order chi connectivity index (χ0) is 18.2. The molecule has 0 aliphatic carbocycles. The quantitative estimate of drug-likeness (QED) is 0.864. The van der Waals surface area contributed by atoms with Crippen molar-refractivity contribution in [3.63, 3.8) is 0 Å². The highest BCUT2D eigenvalue weighted by atomic mass is 16.5. The zero-order valence-corrected chi connectivity index (χ0v) is 15.0. The molecule has 0 radical (unpaired) electrons. The molecule has 2 aromatic rings. The van der Waals surface area contributed by atoms with Crippen molar-refractivity contribution in [2.45, 2.75) is 32.3 Å². The molecular weight excluding hydrogens is 314 g/mol. The first-order chi connectivity index (χ1) is 11.9. The first-order valence-corrected chi connectivity index (χ1v) is 8.45. The molecule has 1 aliphatic heterocycles. The fourth-order valence-electron chi connectivity index (χ4n) is 3.30. The van der Waals surface area contributed by atoms with Gasteiger partial charge < -0.3 is 9.75 Å². The Morgan fingerprint density at radius 3 is 2.56 bits per heavy atom. The van der Waals surface area contributed by atoms with Crippen molar-refractivity contribution in [1.29, 1.82) is 5.26 Å². The third-order valence-corrected chi connectivity index (χ3v) is 5.16. The predicted octanol–water partition coefficient (Wildman–Crippen LogP) is 3.04. The Bertz CT molecular complexity index is 928. The zero-order valence-electron chi connectivity index (χ0n) is 15.0. The van der Waals surface area contributed by atoms with E-state index < -0.39 is 0 Å². The Labute approximate surface area is 147 Å². The smallest absolute Gasteiger partial charge is 0.287 e. The number of nitrogens with zero attached hydrogens (tertiary/aromatic N) is 3. The van der Waals surface area contributed by atoms with Gasteiger partial charge in [0, 0.05) is 25.6 Å². The minimum Gasteiger partial charge on any atom is -0.378 e. The van der Waals surface area contributed by atoms with E-state index >= 15 is 0 Å². The first-order valence-electron chi connectivity index (χ1n) is 8.45. The number of aromatic nitrogens is 1. The van der Waals surface area contributed by atoms with Gasteiger partial charge in [0.05, 0.1) is 11.1 Å². The molecule has 5 heteroatoms. The molecule has 130 valence electrons. The van der Waals surface area contributed by atoms with E-state index in [9.17, 15) is 10.1 Å². The van der Waals surface area contributed by atoms with Crippen molar-refractivity contribution >= 4 is 16.5 Å². The molecule has 5 nitrogen and oxygen atoms in total. The lowest BCUT2D eigenvalue weighted by Crippen LogP contribution is -2.52. The molecule has 0 saturated carbocycles. The summed E-state index contributed by atoms with van der Waals surface area (Å²) in [6, 6.07) is 9.59. The SMILES string of the molecule is C=C(C)c1ccc2c(c1)cc(C#N)c(=O)n2N1CCC(C)(OC)CC1. The van der Waals surface area contributed by atoms with Gasteiger partial charge in [-0.25, -0.2) is 4.68 Å². The molecule has 1 fully saturated rings. The van der Waals surface area contributed by atoms with E-state index in [-0.39, 0.29) is 16.7 Å². The number of benzene rings is 1. The third-order valence-electron chi connectivity index (χ3n) is 5.16. The molecular formula is C20H23N3O2. The molecule has 0 atom stereocenters. The van der Waals surface area contributed by atoms with Gasteiger partial charge in [0.15, 0.2) is 0 Å². The van der Waals surface area contributed by atoms with Crippen molar-refractivity contribution in [3.05, 3.63) is 52.3 Å². The number of hydrogen-bond donors (Lipinski definition) is 0. The number of allylic oxidation sites excluding steroid dienone is 1. The highest BCUT2D eigenvalue weighted by Gasteiger charge is 2.31. The number of piperidine rings is 1. The number of fused-ring (bicyclic) bond motifs is 1. The average molecular weight is 337 g/mol. The third kappa shape index (κ3) is 3.06. The minimum atomic E-state index is -0.265. The van der Waals surface area contributed by atoms with Crippen molar-refractivity contribution in [2.24, 2.45) is 0 Å². The normalized spacial score (nSPS) is 16.6. The molecule has 0 spiro atoms. The van der Waals surface area contributed by atoms with E-state index in [0.29, 0.717) is 13.1 Å². The molecule has 0 N–H and O–H groups in total. The van der Waals surface area contributed by atoms with Crippen LogP contribution in [0.15, 0.2) is 35.6 Å². The van der Waals surface area contributed by atoms with Gasteiger partial charge in [-0.15, -0.1) is 0 Å². The van der Waals surface area contributed by atoms with Crippen LogP contribution in [0, 0.1) is 11.3 Å². The summed E-state index contributed by atoms with van der Waals surface area (Å²) in [6.45, 7) is 9.42. The molecule has 0 bridgehead atoms. The summed E-state index contributed by atoms with van der Waals surface area (Å²) < 4.78 is 7.25. The van der Waals surface area contributed by atoms with Crippen molar-refractivity contribution in [3.8, 4) is 6.07 Å². The molecule has 25 heavy (non-hydrogen) atoms. The van der Waals surface area contributed by atoms with Gasteiger partial charge in [-0.1, -0.05) is 18.2 Å². The Kier molecular flexibility index (Phi) is 4.40. The van der Waals surface area contributed by atoms with Crippen LogP contribution in [0.1, 0.15) is 37.8 Å². The van der Waals surface area contributed by atoms with Crippen LogP contribution in [0.5, 0.6) is 0 Å². The average Bonchev–Trinajstić information content (AvgIpc) is 2.62. The lowest BCUT2D eigenvalue weighted by atomic mass is 9.94. The highest BCUT2D eigenvalue weighted by molar-refractivity contribution is 5.84. The van der Waals surface area contributed by atoms with Gasteiger partial charge in [0.1, 0.15) is 11.6 Å². The number of ether oxygens (including phenoxy) is 1. The second-order valence-corrected chi connectivity index (χ2v) is 6.95. The van der Waals surface area contributed by atoms with E-state index in [1.54, 1.807) is 17.9 Å². The van der Waals surface area contributed by atoms with Gasteiger partial charge in [0.25, 0.3) is 5.56 Å². The lowest BCUT2D eigenvalue weighted by molar-refractivity contribution is -0.0165. The van der Waals surface area contributed by atoms with Gasteiger partial charge in [0.2, 0.25) is 0 Å². The summed E-state index contributed by atoms with van der Waals surface area (Å²) in [6.07, 6.45) is 1.66. The van der Waals surface area contributed by atoms with Crippen LogP contribution in [0.2, 0.25) is 0 Å². The molecule has 0 amide bonds. The summed E-state index contributed by atoms with van der Waals surface area (Å²) in [5.41, 5.74) is 2.51. The lowest BCUT2D eigenvalue weighted by Gasteiger charge is -2.40.